The highest BCUT2D eigenvalue weighted by Crippen LogP contribution is 2.48. The minimum absolute atomic E-state index is 0.0292. The van der Waals surface area contributed by atoms with Crippen LogP contribution in [0.25, 0.3) is 0 Å². The molecular weight excluding hydrogens is 432 g/mol. The molecule has 0 radical (unpaired) electrons. The maximum absolute atomic E-state index is 13.6. The van der Waals surface area contributed by atoms with E-state index in [1.165, 1.54) is 0 Å². The van der Waals surface area contributed by atoms with Crippen molar-refractivity contribution in [3.63, 3.8) is 0 Å². The van der Waals surface area contributed by atoms with Crippen LogP contribution in [-0.4, -0.2) is 56.2 Å². The number of benzene rings is 2. The van der Waals surface area contributed by atoms with Gasteiger partial charge in [-0.1, -0.05) is 18.2 Å². The molecule has 2 aliphatic heterocycles. The summed E-state index contributed by atoms with van der Waals surface area (Å²) >= 11 is 0. The standard InChI is InChI=1S/C27H34N2O5/c1-4-32-15-9-13-28-26(30)24-19-10-7-8-11-20(19)27(31)29-14-12-18-16-22(33-5-2)23(34-6-3)17-21(18)25(24)29/h7-8,10-11,16-17,24-25H,4-6,9,12-15H2,1-3H3,(H,28,30)/t24-,25-/m0/s1. The summed E-state index contributed by atoms with van der Waals surface area (Å²) in [5.41, 5.74) is 3.42. The molecule has 2 amide bonds. The fourth-order valence-corrected chi connectivity index (χ4v) is 4.99. The van der Waals surface area contributed by atoms with Gasteiger partial charge >= 0.3 is 0 Å². The van der Waals surface area contributed by atoms with Gasteiger partial charge in [0.05, 0.1) is 25.2 Å². The van der Waals surface area contributed by atoms with E-state index in [1.54, 1.807) is 0 Å². The van der Waals surface area contributed by atoms with E-state index >= 15 is 0 Å². The predicted octanol–water partition coefficient (Wildman–Crippen LogP) is 3.86. The molecule has 0 bridgehead atoms. The van der Waals surface area contributed by atoms with Crippen LogP contribution in [0.4, 0.5) is 0 Å². The average molecular weight is 467 g/mol. The number of rotatable bonds is 10. The summed E-state index contributed by atoms with van der Waals surface area (Å²) < 4.78 is 17.1. The van der Waals surface area contributed by atoms with Crippen LogP contribution in [0.3, 0.4) is 0 Å². The molecule has 0 unspecified atom stereocenters. The van der Waals surface area contributed by atoms with Gasteiger partial charge in [-0.3, -0.25) is 9.59 Å². The Morgan fingerprint density at radius 2 is 1.76 bits per heavy atom. The Balaban J connectivity index is 1.75. The second-order valence-electron chi connectivity index (χ2n) is 8.46. The van der Waals surface area contributed by atoms with Crippen LogP contribution in [0.5, 0.6) is 11.5 Å². The molecule has 0 spiro atoms. The Hall–Kier alpha value is -3.06. The van der Waals surface area contributed by atoms with Gasteiger partial charge in [-0.2, -0.15) is 0 Å². The van der Waals surface area contributed by atoms with Crippen LogP contribution in [-0.2, 0) is 16.0 Å². The largest absolute Gasteiger partial charge is 0.490 e. The first-order valence-corrected chi connectivity index (χ1v) is 12.3. The third-order valence-corrected chi connectivity index (χ3v) is 6.44. The van der Waals surface area contributed by atoms with Crippen LogP contribution < -0.4 is 14.8 Å². The highest BCUT2D eigenvalue weighted by molar-refractivity contribution is 6.01. The van der Waals surface area contributed by atoms with E-state index in [4.69, 9.17) is 14.2 Å². The number of amides is 2. The lowest BCUT2D eigenvalue weighted by Crippen LogP contribution is -2.50. The van der Waals surface area contributed by atoms with Gasteiger partial charge in [0, 0.05) is 31.9 Å². The molecule has 4 rings (SSSR count). The zero-order chi connectivity index (χ0) is 24.1. The number of nitrogens with zero attached hydrogens (tertiary/aromatic N) is 1. The van der Waals surface area contributed by atoms with Crippen LogP contribution in [0.2, 0.25) is 0 Å². The lowest BCUT2D eigenvalue weighted by molar-refractivity contribution is -0.124. The summed E-state index contributed by atoms with van der Waals surface area (Å²) in [6.45, 7) is 9.21. The summed E-state index contributed by atoms with van der Waals surface area (Å²) in [6, 6.07) is 11.1. The van der Waals surface area contributed by atoms with E-state index in [1.807, 2.05) is 62.1 Å². The Labute approximate surface area is 201 Å². The quantitative estimate of drug-likeness (QED) is 0.538. The van der Waals surface area contributed by atoms with Gasteiger partial charge in [0.2, 0.25) is 5.91 Å². The van der Waals surface area contributed by atoms with E-state index in [-0.39, 0.29) is 11.8 Å². The number of carbonyl (C=O) groups excluding carboxylic acids is 2. The zero-order valence-electron chi connectivity index (χ0n) is 20.3. The van der Waals surface area contributed by atoms with Gasteiger partial charge in [-0.15, -0.1) is 0 Å². The number of fused-ring (bicyclic) bond motifs is 4. The van der Waals surface area contributed by atoms with Crippen molar-refractivity contribution in [2.24, 2.45) is 0 Å². The maximum Gasteiger partial charge on any atom is 0.254 e. The molecule has 0 fully saturated rings. The zero-order valence-corrected chi connectivity index (χ0v) is 20.3. The molecule has 0 saturated carbocycles. The molecule has 34 heavy (non-hydrogen) atoms. The Morgan fingerprint density at radius 1 is 1.03 bits per heavy atom. The van der Waals surface area contributed by atoms with Crippen molar-refractivity contribution in [2.45, 2.75) is 45.6 Å². The molecule has 2 aromatic carbocycles. The SMILES string of the molecule is CCOCCCNC(=O)[C@H]1c2ccccc2C(=O)N2CCc3cc(OCC)c(OCC)cc3[C@@H]12. The second-order valence-corrected chi connectivity index (χ2v) is 8.46. The molecule has 0 saturated heterocycles. The molecule has 2 heterocycles. The van der Waals surface area contributed by atoms with Crippen molar-refractivity contribution in [3.05, 3.63) is 58.7 Å². The van der Waals surface area contributed by atoms with Gasteiger partial charge in [0.1, 0.15) is 0 Å². The molecule has 0 aliphatic carbocycles. The molecular formula is C27H34N2O5. The minimum Gasteiger partial charge on any atom is -0.490 e. The number of hydrogen-bond acceptors (Lipinski definition) is 5. The number of hydrogen-bond donors (Lipinski definition) is 1. The highest BCUT2D eigenvalue weighted by atomic mass is 16.5. The first-order valence-electron chi connectivity index (χ1n) is 12.3. The normalized spacial score (nSPS) is 18.6. The van der Waals surface area contributed by atoms with Crippen LogP contribution in [0.1, 0.15) is 66.2 Å². The van der Waals surface area contributed by atoms with E-state index in [0.29, 0.717) is 63.0 Å². The summed E-state index contributed by atoms with van der Waals surface area (Å²) in [5.74, 6) is 0.736. The summed E-state index contributed by atoms with van der Waals surface area (Å²) in [4.78, 5) is 28.9. The maximum atomic E-state index is 13.6. The summed E-state index contributed by atoms with van der Waals surface area (Å²) in [5, 5.41) is 3.09. The first kappa shape index (κ1) is 24.1. The highest BCUT2D eigenvalue weighted by Gasteiger charge is 2.46. The van der Waals surface area contributed by atoms with E-state index < -0.39 is 12.0 Å². The van der Waals surface area contributed by atoms with Gasteiger partial charge in [-0.25, -0.2) is 0 Å². The van der Waals surface area contributed by atoms with Gasteiger partial charge in [0.25, 0.3) is 5.91 Å². The predicted molar refractivity (Wildman–Crippen MR) is 130 cm³/mol. The third kappa shape index (κ3) is 4.62. The molecule has 7 nitrogen and oxygen atoms in total. The Kier molecular flexibility index (Phi) is 7.73. The average Bonchev–Trinajstić information content (AvgIpc) is 2.85. The van der Waals surface area contributed by atoms with Crippen molar-refractivity contribution in [3.8, 4) is 11.5 Å². The third-order valence-electron chi connectivity index (χ3n) is 6.44. The molecule has 2 aliphatic rings. The van der Waals surface area contributed by atoms with Crippen molar-refractivity contribution in [1.82, 2.24) is 10.2 Å². The van der Waals surface area contributed by atoms with Gasteiger partial charge < -0.3 is 24.4 Å². The fraction of sp³-hybridized carbons (Fsp3) is 0.481. The van der Waals surface area contributed by atoms with E-state index in [9.17, 15) is 9.59 Å². The Bertz CT molecular complexity index is 1040. The Morgan fingerprint density at radius 3 is 2.50 bits per heavy atom. The second kappa shape index (κ2) is 10.9. The van der Waals surface area contributed by atoms with Crippen molar-refractivity contribution in [1.29, 1.82) is 0 Å². The van der Waals surface area contributed by atoms with E-state index in [0.717, 1.165) is 23.1 Å². The topological polar surface area (TPSA) is 77.1 Å². The summed E-state index contributed by atoms with van der Waals surface area (Å²) in [6.07, 6.45) is 1.44. The van der Waals surface area contributed by atoms with Crippen LogP contribution in [0.15, 0.2) is 36.4 Å². The summed E-state index contributed by atoms with van der Waals surface area (Å²) in [7, 11) is 0. The molecule has 2 atom stereocenters. The fourth-order valence-electron chi connectivity index (χ4n) is 4.99. The van der Waals surface area contributed by atoms with Crippen LogP contribution >= 0.6 is 0 Å². The first-order chi connectivity index (χ1) is 16.6. The van der Waals surface area contributed by atoms with Crippen molar-refractivity contribution >= 4 is 11.8 Å². The van der Waals surface area contributed by atoms with Crippen molar-refractivity contribution < 1.29 is 23.8 Å². The van der Waals surface area contributed by atoms with Gasteiger partial charge in [-0.05, 0) is 68.5 Å². The van der Waals surface area contributed by atoms with Crippen LogP contribution in [0, 0.1) is 0 Å². The lowest BCUT2D eigenvalue weighted by Gasteiger charge is -2.45. The molecule has 182 valence electrons. The smallest absolute Gasteiger partial charge is 0.254 e. The van der Waals surface area contributed by atoms with E-state index in [2.05, 4.69) is 5.32 Å². The van der Waals surface area contributed by atoms with Crippen molar-refractivity contribution in [2.75, 3.05) is 39.5 Å². The number of nitrogens with one attached hydrogen (secondary N) is 1. The molecule has 7 heteroatoms. The molecule has 0 aromatic heterocycles. The lowest BCUT2D eigenvalue weighted by atomic mass is 9.75. The monoisotopic (exact) mass is 466 g/mol. The number of carbonyl (C=O) groups is 2. The minimum atomic E-state index is -0.507. The molecule has 2 aromatic rings. The molecule has 1 N–H and O–H groups in total. The van der Waals surface area contributed by atoms with Gasteiger partial charge in [0.15, 0.2) is 11.5 Å². The number of ether oxygens (including phenoxy) is 3.